The number of amides is 1. The molecular weight excluding hydrogens is 322 g/mol. The van der Waals surface area contributed by atoms with Gasteiger partial charge in [-0.3, -0.25) is 14.4 Å². The lowest BCUT2D eigenvalue weighted by atomic mass is 10.2. The van der Waals surface area contributed by atoms with Gasteiger partial charge in [0, 0.05) is 24.8 Å². The summed E-state index contributed by atoms with van der Waals surface area (Å²) in [5, 5.41) is 11.1. The normalized spacial score (nSPS) is 19.8. The second-order valence-electron chi connectivity index (χ2n) is 6.58. The molecule has 2 atom stereocenters. The molecule has 2 aromatic heterocycles. The molecular formula is C17H25N5O3. The number of carbonyl (C=O) groups is 1. The van der Waals surface area contributed by atoms with E-state index in [0.717, 1.165) is 17.9 Å². The standard InChI is InChI=1S/C17H25N5O3/c1-11-7-12(2)22(19-11)10-15-9-21(5-6-24-15)14(4)17(23)18-16-8-13(3)25-20-16/h7-8,14-15H,5-6,9-10H2,1-4H3,(H,18,20,23)/t14-,15-/m0/s1. The van der Waals surface area contributed by atoms with Gasteiger partial charge in [0.25, 0.3) is 0 Å². The van der Waals surface area contributed by atoms with E-state index in [1.165, 1.54) is 0 Å². The van der Waals surface area contributed by atoms with Crippen LogP contribution in [-0.4, -0.2) is 57.6 Å². The first-order valence-electron chi connectivity index (χ1n) is 8.53. The van der Waals surface area contributed by atoms with Gasteiger partial charge < -0.3 is 14.6 Å². The smallest absolute Gasteiger partial charge is 0.242 e. The van der Waals surface area contributed by atoms with E-state index in [2.05, 4.69) is 26.5 Å². The van der Waals surface area contributed by atoms with Crippen molar-refractivity contribution >= 4 is 11.7 Å². The van der Waals surface area contributed by atoms with Crippen LogP contribution in [0.3, 0.4) is 0 Å². The van der Waals surface area contributed by atoms with Crippen molar-refractivity contribution < 1.29 is 14.1 Å². The highest BCUT2D eigenvalue weighted by Crippen LogP contribution is 2.14. The van der Waals surface area contributed by atoms with Crippen LogP contribution >= 0.6 is 0 Å². The number of hydrogen-bond donors (Lipinski definition) is 1. The van der Waals surface area contributed by atoms with Gasteiger partial charge >= 0.3 is 0 Å². The summed E-state index contributed by atoms with van der Waals surface area (Å²) in [6, 6.07) is 3.48. The van der Waals surface area contributed by atoms with Crippen LogP contribution in [0.5, 0.6) is 0 Å². The van der Waals surface area contributed by atoms with E-state index in [1.807, 2.05) is 25.5 Å². The summed E-state index contributed by atoms with van der Waals surface area (Å²) in [5.74, 6) is 1.01. The minimum Gasteiger partial charge on any atom is -0.374 e. The van der Waals surface area contributed by atoms with Crippen LogP contribution in [0.4, 0.5) is 5.82 Å². The molecule has 8 heteroatoms. The molecule has 1 saturated heterocycles. The Morgan fingerprint density at radius 2 is 2.20 bits per heavy atom. The molecule has 0 aliphatic carbocycles. The molecule has 0 aromatic carbocycles. The highest BCUT2D eigenvalue weighted by Gasteiger charge is 2.29. The maximum absolute atomic E-state index is 12.5. The number of carbonyl (C=O) groups excluding carboxylic acids is 1. The first-order valence-corrected chi connectivity index (χ1v) is 8.53. The van der Waals surface area contributed by atoms with Crippen LogP contribution in [0, 0.1) is 20.8 Å². The summed E-state index contributed by atoms with van der Waals surface area (Å²) in [4.78, 5) is 14.6. The Labute approximate surface area is 147 Å². The Kier molecular flexibility index (Phi) is 5.19. The summed E-state index contributed by atoms with van der Waals surface area (Å²) < 4.78 is 12.8. The van der Waals surface area contributed by atoms with E-state index in [1.54, 1.807) is 13.0 Å². The maximum Gasteiger partial charge on any atom is 0.242 e. The predicted molar refractivity (Wildman–Crippen MR) is 92.3 cm³/mol. The first-order chi connectivity index (χ1) is 11.9. The monoisotopic (exact) mass is 347 g/mol. The SMILES string of the molecule is Cc1cc(C)n(C[C@@H]2CN([C@@H](C)C(=O)Nc3cc(C)on3)CCO2)n1. The third-order valence-corrected chi connectivity index (χ3v) is 4.46. The summed E-state index contributed by atoms with van der Waals surface area (Å²) in [7, 11) is 0. The van der Waals surface area contributed by atoms with E-state index >= 15 is 0 Å². The zero-order chi connectivity index (χ0) is 18.0. The lowest BCUT2D eigenvalue weighted by Gasteiger charge is -2.36. The van der Waals surface area contributed by atoms with E-state index in [9.17, 15) is 4.79 Å². The van der Waals surface area contributed by atoms with Crippen molar-refractivity contribution in [2.75, 3.05) is 25.0 Å². The third-order valence-electron chi connectivity index (χ3n) is 4.46. The second kappa shape index (κ2) is 7.37. The van der Waals surface area contributed by atoms with Crippen LogP contribution < -0.4 is 5.32 Å². The van der Waals surface area contributed by atoms with Gasteiger partial charge in [0.2, 0.25) is 5.91 Å². The molecule has 0 unspecified atom stereocenters. The Balaban J connectivity index is 1.58. The van der Waals surface area contributed by atoms with Crippen molar-refractivity contribution in [1.29, 1.82) is 0 Å². The molecule has 1 fully saturated rings. The minimum atomic E-state index is -0.274. The summed E-state index contributed by atoms with van der Waals surface area (Å²) >= 11 is 0. The molecule has 3 rings (SSSR count). The molecule has 1 aliphatic rings. The Bertz CT molecular complexity index is 738. The summed E-state index contributed by atoms with van der Waals surface area (Å²) in [6.45, 7) is 10.4. The minimum absolute atomic E-state index is 0.0105. The van der Waals surface area contributed by atoms with Gasteiger partial charge in [-0.25, -0.2) is 0 Å². The lowest BCUT2D eigenvalue weighted by Crippen LogP contribution is -2.51. The number of hydrogen-bond acceptors (Lipinski definition) is 6. The molecule has 25 heavy (non-hydrogen) atoms. The van der Waals surface area contributed by atoms with Crippen LogP contribution in [0.15, 0.2) is 16.7 Å². The van der Waals surface area contributed by atoms with Gasteiger partial charge in [-0.1, -0.05) is 5.16 Å². The number of nitrogens with zero attached hydrogens (tertiary/aromatic N) is 4. The van der Waals surface area contributed by atoms with Crippen LogP contribution in [-0.2, 0) is 16.1 Å². The number of aromatic nitrogens is 3. The fraction of sp³-hybridized carbons (Fsp3) is 0.588. The highest BCUT2D eigenvalue weighted by molar-refractivity contribution is 5.93. The third kappa shape index (κ3) is 4.26. The van der Waals surface area contributed by atoms with Gasteiger partial charge in [0.15, 0.2) is 5.82 Å². The molecule has 1 amide bonds. The summed E-state index contributed by atoms with van der Waals surface area (Å²) in [6.07, 6.45) is 0.0105. The zero-order valence-corrected chi connectivity index (χ0v) is 15.2. The van der Waals surface area contributed by atoms with E-state index in [4.69, 9.17) is 9.26 Å². The van der Waals surface area contributed by atoms with Crippen molar-refractivity contribution in [2.45, 2.75) is 46.4 Å². The van der Waals surface area contributed by atoms with Gasteiger partial charge in [-0.15, -0.1) is 0 Å². The Morgan fingerprint density at radius 3 is 2.84 bits per heavy atom. The molecule has 1 N–H and O–H groups in total. The molecule has 136 valence electrons. The highest BCUT2D eigenvalue weighted by atomic mass is 16.5. The molecule has 0 saturated carbocycles. The average molecular weight is 347 g/mol. The fourth-order valence-corrected chi connectivity index (χ4v) is 3.08. The molecule has 3 heterocycles. The largest absolute Gasteiger partial charge is 0.374 e. The zero-order valence-electron chi connectivity index (χ0n) is 15.2. The van der Waals surface area contributed by atoms with Gasteiger partial charge in [0.05, 0.1) is 31.0 Å². The fourth-order valence-electron chi connectivity index (χ4n) is 3.08. The lowest BCUT2D eigenvalue weighted by molar-refractivity contribution is -0.124. The second-order valence-corrected chi connectivity index (χ2v) is 6.58. The number of aryl methyl sites for hydroxylation is 3. The molecule has 0 spiro atoms. The van der Waals surface area contributed by atoms with Crippen molar-refractivity contribution in [1.82, 2.24) is 19.8 Å². The molecule has 0 radical (unpaired) electrons. The van der Waals surface area contributed by atoms with Gasteiger partial charge in [-0.05, 0) is 33.8 Å². The molecule has 0 bridgehead atoms. The number of anilines is 1. The van der Waals surface area contributed by atoms with E-state index in [0.29, 0.717) is 31.3 Å². The first kappa shape index (κ1) is 17.6. The van der Waals surface area contributed by atoms with Gasteiger partial charge in [-0.2, -0.15) is 5.10 Å². The Morgan fingerprint density at radius 1 is 1.40 bits per heavy atom. The molecule has 2 aromatic rings. The average Bonchev–Trinajstić information content (AvgIpc) is 3.11. The number of nitrogens with one attached hydrogen (secondary N) is 1. The maximum atomic E-state index is 12.5. The number of rotatable bonds is 5. The van der Waals surface area contributed by atoms with Crippen LogP contribution in [0.2, 0.25) is 0 Å². The molecule has 1 aliphatic heterocycles. The van der Waals surface area contributed by atoms with Crippen molar-refractivity contribution in [3.05, 3.63) is 29.3 Å². The molecule has 8 nitrogen and oxygen atoms in total. The van der Waals surface area contributed by atoms with Crippen molar-refractivity contribution in [3.8, 4) is 0 Å². The number of morpholine rings is 1. The van der Waals surface area contributed by atoms with Gasteiger partial charge in [0.1, 0.15) is 5.76 Å². The van der Waals surface area contributed by atoms with E-state index < -0.39 is 0 Å². The topological polar surface area (TPSA) is 85.4 Å². The predicted octanol–water partition coefficient (Wildman–Crippen LogP) is 1.52. The van der Waals surface area contributed by atoms with Crippen molar-refractivity contribution in [2.24, 2.45) is 0 Å². The van der Waals surface area contributed by atoms with E-state index in [-0.39, 0.29) is 18.1 Å². The number of ether oxygens (including phenoxy) is 1. The van der Waals surface area contributed by atoms with Crippen LogP contribution in [0.1, 0.15) is 24.1 Å². The van der Waals surface area contributed by atoms with Crippen molar-refractivity contribution in [3.63, 3.8) is 0 Å². The quantitative estimate of drug-likeness (QED) is 0.883. The van der Waals surface area contributed by atoms with Crippen LogP contribution in [0.25, 0.3) is 0 Å². The summed E-state index contributed by atoms with van der Waals surface area (Å²) in [5.41, 5.74) is 2.12. The Hall–Kier alpha value is -2.19.